The lowest BCUT2D eigenvalue weighted by Crippen LogP contribution is -2.40. The molecule has 0 aromatic heterocycles. The highest BCUT2D eigenvalue weighted by Gasteiger charge is 2.17. The van der Waals surface area contributed by atoms with Crippen LogP contribution in [0.5, 0.6) is 0 Å². The summed E-state index contributed by atoms with van der Waals surface area (Å²) >= 11 is 0. The summed E-state index contributed by atoms with van der Waals surface area (Å²) in [6.07, 6.45) is 3.63. The van der Waals surface area contributed by atoms with Gasteiger partial charge in [0.2, 0.25) is 0 Å². The molecule has 0 bridgehead atoms. The Balaban J connectivity index is 2.03. The summed E-state index contributed by atoms with van der Waals surface area (Å²) in [6, 6.07) is 0. The predicted octanol–water partition coefficient (Wildman–Crippen LogP) is -0.268. The van der Waals surface area contributed by atoms with E-state index in [4.69, 9.17) is 16.2 Å². The highest BCUT2D eigenvalue weighted by molar-refractivity contribution is 4.71. The zero-order valence-corrected chi connectivity index (χ0v) is 8.24. The van der Waals surface area contributed by atoms with Crippen molar-refractivity contribution in [2.45, 2.75) is 25.4 Å². The van der Waals surface area contributed by atoms with E-state index in [0.717, 1.165) is 45.5 Å². The van der Waals surface area contributed by atoms with Crippen LogP contribution in [-0.4, -0.2) is 43.9 Å². The fourth-order valence-corrected chi connectivity index (χ4v) is 1.59. The number of hydrogen-bond donors (Lipinski definition) is 2. The minimum absolute atomic E-state index is 0.439. The van der Waals surface area contributed by atoms with Crippen molar-refractivity contribution in [1.29, 1.82) is 0 Å². The molecule has 0 spiro atoms. The second-order valence-electron chi connectivity index (χ2n) is 3.51. The Morgan fingerprint density at radius 2 is 1.92 bits per heavy atom. The number of hydrogen-bond acceptors (Lipinski definition) is 4. The highest BCUT2D eigenvalue weighted by Crippen LogP contribution is 2.12. The largest absolute Gasteiger partial charge is 0.378 e. The molecule has 0 aromatic rings. The van der Waals surface area contributed by atoms with Crippen LogP contribution in [0.15, 0.2) is 0 Å². The van der Waals surface area contributed by atoms with E-state index in [1.807, 2.05) is 0 Å². The molecule has 0 aliphatic carbocycles. The van der Waals surface area contributed by atoms with Crippen molar-refractivity contribution in [1.82, 2.24) is 4.90 Å². The van der Waals surface area contributed by atoms with Gasteiger partial charge in [-0.2, -0.15) is 0 Å². The van der Waals surface area contributed by atoms with Crippen molar-refractivity contribution in [2.75, 3.05) is 32.9 Å². The summed E-state index contributed by atoms with van der Waals surface area (Å²) in [5, 5.41) is 0. The van der Waals surface area contributed by atoms with Gasteiger partial charge in [0.15, 0.2) is 0 Å². The zero-order chi connectivity index (χ0) is 9.52. The van der Waals surface area contributed by atoms with Gasteiger partial charge in [-0.25, -0.2) is 0 Å². The van der Waals surface area contributed by atoms with Crippen LogP contribution < -0.4 is 11.5 Å². The van der Waals surface area contributed by atoms with E-state index in [-0.39, 0.29) is 0 Å². The molecule has 0 radical (unpaired) electrons. The van der Waals surface area contributed by atoms with Gasteiger partial charge >= 0.3 is 0 Å². The zero-order valence-electron chi connectivity index (χ0n) is 8.24. The molecule has 0 atom stereocenters. The van der Waals surface area contributed by atoms with Gasteiger partial charge in [0.25, 0.3) is 0 Å². The number of piperidine rings is 1. The maximum absolute atomic E-state index is 5.67. The van der Waals surface area contributed by atoms with Gasteiger partial charge in [-0.15, -0.1) is 0 Å². The van der Waals surface area contributed by atoms with Crippen LogP contribution in [0, 0.1) is 0 Å². The minimum atomic E-state index is 0.439. The Labute approximate surface area is 80.2 Å². The third-order valence-electron chi connectivity index (χ3n) is 2.49. The molecular weight excluding hydrogens is 166 g/mol. The van der Waals surface area contributed by atoms with E-state index in [1.165, 1.54) is 0 Å². The summed E-state index contributed by atoms with van der Waals surface area (Å²) in [6.45, 7) is 4.36. The van der Waals surface area contributed by atoms with E-state index in [0.29, 0.717) is 12.8 Å². The Kier molecular flexibility index (Phi) is 5.31. The normalized spacial score (nSPS) is 20.8. The van der Waals surface area contributed by atoms with Gasteiger partial charge in [0, 0.05) is 26.4 Å². The fraction of sp³-hybridized carbons (Fsp3) is 1.00. The molecule has 4 N–H and O–H groups in total. The Bertz CT molecular complexity index is 121. The van der Waals surface area contributed by atoms with Crippen molar-refractivity contribution in [3.8, 4) is 0 Å². The smallest absolute Gasteiger partial charge is 0.0599 e. The first-order valence-corrected chi connectivity index (χ1v) is 5.11. The van der Waals surface area contributed by atoms with Crippen LogP contribution >= 0.6 is 0 Å². The summed E-state index contributed by atoms with van der Waals surface area (Å²) in [5.41, 5.74) is 10.9. The first-order valence-electron chi connectivity index (χ1n) is 5.11. The lowest BCUT2D eigenvalue weighted by molar-refractivity contribution is 0.00780. The molecule has 4 nitrogen and oxygen atoms in total. The van der Waals surface area contributed by atoms with Gasteiger partial charge in [0.05, 0.1) is 6.10 Å². The molecule has 1 heterocycles. The minimum Gasteiger partial charge on any atom is -0.378 e. The SMILES string of the molecule is NCCCOC1CCN(CN)CC1. The van der Waals surface area contributed by atoms with E-state index >= 15 is 0 Å². The second kappa shape index (κ2) is 6.32. The second-order valence-corrected chi connectivity index (χ2v) is 3.51. The lowest BCUT2D eigenvalue weighted by atomic mass is 10.1. The first kappa shape index (κ1) is 10.9. The maximum atomic E-state index is 5.67. The average Bonchev–Trinajstić information content (AvgIpc) is 2.19. The average molecular weight is 187 g/mol. The molecule has 0 aromatic carbocycles. The van der Waals surface area contributed by atoms with E-state index in [9.17, 15) is 0 Å². The summed E-state index contributed by atoms with van der Waals surface area (Å²) in [7, 11) is 0. The number of likely N-dealkylation sites (tertiary alicyclic amines) is 1. The van der Waals surface area contributed by atoms with E-state index in [2.05, 4.69) is 4.90 Å². The van der Waals surface area contributed by atoms with Crippen molar-refractivity contribution in [2.24, 2.45) is 11.5 Å². The molecule has 78 valence electrons. The Morgan fingerprint density at radius 3 is 2.46 bits per heavy atom. The van der Waals surface area contributed by atoms with Crippen molar-refractivity contribution >= 4 is 0 Å². The molecule has 1 fully saturated rings. The summed E-state index contributed by atoms with van der Waals surface area (Å²) in [5.74, 6) is 0. The first-order chi connectivity index (χ1) is 6.36. The van der Waals surface area contributed by atoms with Crippen molar-refractivity contribution in [3.63, 3.8) is 0 Å². The van der Waals surface area contributed by atoms with E-state index in [1.54, 1.807) is 0 Å². The van der Waals surface area contributed by atoms with Crippen LogP contribution in [0.3, 0.4) is 0 Å². The molecule has 0 amide bonds. The molecule has 1 aliphatic heterocycles. The fourth-order valence-electron chi connectivity index (χ4n) is 1.59. The number of nitrogens with zero attached hydrogens (tertiary/aromatic N) is 1. The molecule has 0 saturated carbocycles. The third-order valence-corrected chi connectivity index (χ3v) is 2.49. The van der Waals surface area contributed by atoms with Gasteiger partial charge in [-0.1, -0.05) is 0 Å². The van der Waals surface area contributed by atoms with Crippen molar-refractivity contribution < 1.29 is 4.74 Å². The number of nitrogens with two attached hydrogens (primary N) is 2. The van der Waals surface area contributed by atoms with Crippen LogP contribution in [0.4, 0.5) is 0 Å². The van der Waals surface area contributed by atoms with Gasteiger partial charge in [-0.3, -0.25) is 4.90 Å². The van der Waals surface area contributed by atoms with Crippen LogP contribution in [0.1, 0.15) is 19.3 Å². The van der Waals surface area contributed by atoms with Crippen LogP contribution in [0.25, 0.3) is 0 Å². The highest BCUT2D eigenvalue weighted by atomic mass is 16.5. The molecule has 1 saturated heterocycles. The maximum Gasteiger partial charge on any atom is 0.0599 e. The molecule has 0 unspecified atom stereocenters. The topological polar surface area (TPSA) is 64.5 Å². The monoisotopic (exact) mass is 187 g/mol. The summed E-state index contributed by atoms with van der Waals surface area (Å²) < 4.78 is 5.67. The predicted molar refractivity (Wildman–Crippen MR) is 53.3 cm³/mol. The third kappa shape index (κ3) is 4.04. The van der Waals surface area contributed by atoms with E-state index < -0.39 is 0 Å². The molecule has 4 heteroatoms. The number of rotatable bonds is 5. The van der Waals surface area contributed by atoms with Crippen LogP contribution in [-0.2, 0) is 4.74 Å². The molecular formula is C9H21N3O. The molecule has 1 aliphatic rings. The number of ether oxygens (including phenoxy) is 1. The Hall–Kier alpha value is -0.160. The molecule has 13 heavy (non-hydrogen) atoms. The van der Waals surface area contributed by atoms with Gasteiger partial charge in [0.1, 0.15) is 0 Å². The lowest BCUT2D eigenvalue weighted by Gasteiger charge is -2.30. The van der Waals surface area contributed by atoms with Gasteiger partial charge < -0.3 is 16.2 Å². The Morgan fingerprint density at radius 1 is 1.23 bits per heavy atom. The van der Waals surface area contributed by atoms with Gasteiger partial charge in [-0.05, 0) is 25.8 Å². The van der Waals surface area contributed by atoms with Crippen molar-refractivity contribution in [3.05, 3.63) is 0 Å². The van der Waals surface area contributed by atoms with Crippen LogP contribution in [0.2, 0.25) is 0 Å². The quantitative estimate of drug-likeness (QED) is 0.582. The summed E-state index contributed by atoms with van der Waals surface area (Å²) in [4.78, 5) is 2.25. The standard InChI is InChI=1S/C9H21N3O/c10-4-1-7-13-9-2-5-12(8-11)6-3-9/h9H,1-8,10-11H2. The molecule has 1 rings (SSSR count).